The second-order valence-electron chi connectivity index (χ2n) is 7.43. The Morgan fingerprint density at radius 3 is 2.06 bits per heavy atom. The molecule has 0 aliphatic heterocycles. The first kappa shape index (κ1) is 14.7. The van der Waals surface area contributed by atoms with Crippen LogP contribution >= 0.6 is 0 Å². The quantitative estimate of drug-likeness (QED) is 0.634. The highest BCUT2D eigenvalue weighted by atomic mass is 28.4. The van der Waals surface area contributed by atoms with Crippen molar-refractivity contribution in [3.05, 3.63) is 23.8 Å². The third-order valence-electron chi connectivity index (χ3n) is 4.31. The molecule has 0 spiro atoms. The van der Waals surface area contributed by atoms with Gasteiger partial charge in [-0.05, 0) is 36.2 Å². The predicted molar refractivity (Wildman–Crippen MR) is 78.7 cm³/mol. The number of rotatable bonds is 2. The van der Waals surface area contributed by atoms with Crippen LogP contribution in [0.4, 0.5) is 0 Å². The standard InChI is InChI=1S/C15H28OSi/c1-11-10-15(6,7)13(12(11)2)16-17(8,9)14(3,4)5/h10,13H,2H2,1,3-9H3. The van der Waals surface area contributed by atoms with Gasteiger partial charge in [0, 0.05) is 5.41 Å². The highest BCUT2D eigenvalue weighted by Gasteiger charge is 2.45. The van der Waals surface area contributed by atoms with Crippen molar-refractivity contribution in [1.29, 1.82) is 0 Å². The van der Waals surface area contributed by atoms with E-state index < -0.39 is 8.32 Å². The van der Waals surface area contributed by atoms with Crippen molar-refractivity contribution in [3.8, 4) is 0 Å². The van der Waals surface area contributed by atoms with E-state index in [0.717, 1.165) is 0 Å². The van der Waals surface area contributed by atoms with Gasteiger partial charge >= 0.3 is 0 Å². The van der Waals surface area contributed by atoms with Crippen molar-refractivity contribution >= 4 is 8.32 Å². The second-order valence-corrected chi connectivity index (χ2v) is 12.2. The Morgan fingerprint density at radius 1 is 1.29 bits per heavy atom. The van der Waals surface area contributed by atoms with E-state index in [0.29, 0.717) is 0 Å². The van der Waals surface area contributed by atoms with E-state index in [4.69, 9.17) is 4.43 Å². The van der Waals surface area contributed by atoms with Crippen molar-refractivity contribution in [2.24, 2.45) is 5.41 Å². The molecular formula is C15H28OSi. The molecule has 0 aromatic carbocycles. The first-order valence-corrected chi connectivity index (χ1v) is 9.36. The lowest BCUT2D eigenvalue weighted by Gasteiger charge is -2.42. The molecule has 0 radical (unpaired) electrons. The molecule has 0 aromatic rings. The summed E-state index contributed by atoms with van der Waals surface area (Å²) in [5.41, 5.74) is 2.54. The first-order valence-electron chi connectivity index (χ1n) is 6.45. The van der Waals surface area contributed by atoms with Crippen LogP contribution in [0.3, 0.4) is 0 Å². The minimum atomic E-state index is -1.72. The first-order chi connectivity index (χ1) is 7.38. The predicted octanol–water partition coefficient (Wildman–Crippen LogP) is 4.92. The van der Waals surface area contributed by atoms with Crippen LogP contribution in [0, 0.1) is 5.41 Å². The fourth-order valence-electron chi connectivity index (χ4n) is 2.08. The van der Waals surface area contributed by atoms with E-state index in [9.17, 15) is 0 Å². The molecule has 0 N–H and O–H groups in total. The lowest BCUT2D eigenvalue weighted by atomic mass is 9.89. The molecule has 98 valence electrons. The molecule has 17 heavy (non-hydrogen) atoms. The van der Waals surface area contributed by atoms with Crippen LogP contribution in [0.15, 0.2) is 23.8 Å². The zero-order valence-electron chi connectivity index (χ0n) is 12.8. The third-order valence-corrected chi connectivity index (χ3v) is 8.74. The molecule has 0 fully saturated rings. The summed E-state index contributed by atoms with van der Waals surface area (Å²) in [5, 5.41) is 0.250. The van der Waals surface area contributed by atoms with E-state index in [1.807, 2.05) is 0 Å². The maximum Gasteiger partial charge on any atom is 0.192 e. The normalized spacial score (nSPS) is 25.1. The Morgan fingerprint density at radius 2 is 1.76 bits per heavy atom. The van der Waals surface area contributed by atoms with Crippen LogP contribution in [0.1, 0.15) is 41.5 Å². The van der Waals surface area contributed by atoms with Crippen LogP contribution in [0.5, 0.6) is 0 Å². The summed E-state index contributed by atoms with van der Waals surface area (Å²) in [5.74, 6) is 0. The molecular weight excluding hydrogens is 224 g/mol. The van der Waals surface area contributed by atoms with Gasteiger partial charge in [0.05, 0.1) is 6.10 Å². The molecule has 1 atom stereocenters. The van der Waals surface area contributed by atoms with Crippen LogP contribution in [-0.2, 0) is 4.43 Å². The van der Waals surface area contributed by atoms with Gasteiger partial charge in [-0.3, -0.25) is 0 Å². The maximum atomic E-state index is 6.55. The zero-order valence-corrected chi connectivity index (χ0v) is 13.8. The van der Waals surface area contributed by atoms with E-state index in [1.54, 1.807) is 0 Å². The molecule has 0 aromatic heterocycles. The fraction of sp³-hybridized carbons (Fsp3) is 0.733. The Labute approximate surface area is 108 Å². The van der Waals surface area contributed by atoms with E-state index >= 15 is 0 Å². The van der Waals surface area contributed by atoms with Gasteiger partial charge in [-0.15, -0.1) is 0 Å². The zero-order chi connectivity index (χ0) is 13.6. The summed E-state index contributed by atoms with van der Waals surface area (Å²) >= 11 is 0. The van der Waals surface area contributed by atoms with Gasteiger partial charge < -0.3 is 4.43 Å². The second kappa shape index (κ2) is 4.10. The van der Waals surface area contributed by atoms with Gasteiger partial charge in [0.25, 0.3) is 0 Å². The van der Waals surface area contributed by atoms with Gasteiger partial charge in [0.2, 0.25) is 0 Å². The molecule has 0 saturated heterocycles. The Bertz CT molecular complexity index is 356. The van der Waals surface area contributed by atoms with Crippen LogP contribution in [-0.4, -0.2) is 14.4 Å². The summed E-state index contributed by atoms with van der Waals surface area (Å²) < 4.78 is 6.55. The molecule has 1 nitrogen and oxygen atoms in total. The molecule has 0 amide bonds. The lowest BCUT2D eigenvalue weighted by molar-refractivity contribution is 0.135. The van der Waals surface area contributed by atoms with Gasteiger partial charge in [0.1, 0.15) is 0 Å². The van der Waals surface area contributed by atoms with Gasteiger partial charge in [-0.2, -0.15) is 0 Å². The van der Waals surface area contributed by atoms with Crippen molar-refractivity contribution in [1.82, 2.24) is 0 Å². The Kier molecular flexibility index (Phi) is 3.55. The van der Waals surface area contributed by atoms with E-state index in [-0.39, 0.29) is 16.6 Å². The maximum absolute atomic E-state index is 6.55. The Hall–Kier alpha value is -0.343. The van der Waals surface area contributed by atoms with Gasteiger partial charge in [0.15, 0.2) is 8.32 Å². The Balaban J connectivity index is 2.95. The average molecular weight is 252 g/mol. The molecule has 0 saturated carbocycles. The molecule has 2 heteroatoms. The molecule has 1 aliphatic rings. The van der Waals surface area contributed by atoms with Crippen molar-refractivity contribution in [3.63, 3.8) is 0 Å². The topological polar surface area (TPSA) is 9.23 Å². The third kappa shape index (κ3) is 2.74. The van der Waals surface area contributed by atoms with E-state index in [2.05, 4.69) is 67.3 Å². The van der Waals surface area contributed by atoms with Crippen molar-refractivity contribution in [2.45, 2.75) is 65.8 Å². The minimum absolute atomic E-state index is 0.0800. The number of hydrogen-bond donors (Lipinski definition) is 0. The molecule has 0 heterocycles. The van der Waals surface area contributed by atoms with Crippen molar-refractivity contribution in [2.75, 3.05) is 0 Å². The van der Waals surface area contributed by atoms with E-state index in [1.165, 1.54) is 11.1 Å². The van der Waals surface area contributed by atoms with Crippen LogP contribution in [0.2, 0.25) is 18.1 Å². The molecule has 0 bridgehead atoms. The summed E-state index contributed by atoms with van der Waals surface area (Å²) in [6, 6.07) is 0. The van der Waals surface area contributed by atoms with Crippen molar-refractivity contribution < 1.29 is 4.43 Å². The highest BCUT2D eigenvalue weighted by Crippen LogP contribution is 2.45. The average Bonchev–Trinajstić information content (AvgIpc) is 2.26. The van der Waals surface area contributed by atoms with Gasteiger partial charge in [-0.25, -0.2) is 0 Å². The molecule has 1 rings (SSSR count). The summed E-state index contributed by atoms with van der Waals surface area (Å²) in [6.45, 7) is 22.3. The van der Waals surface area contributed by atoms with Gasteiger partial charge in [-0.1, -0.05) is 47.3 Å². The molecule has 1 aliphatic carbocycles. The highest BCUT2D eigenvalue weighted by molar-refractivity contribution is 6.74. The molecule has 1 unspecified atom stereocenters. The SMILES string of the molecule is C=C1C(C)=CC(C)(C)C1O[Si](C)(C)C(C)(C)C. The van der Waals surface area contributed by atoms with Crippen LogP contribution < -0.4 is 0 Å². The fourth-order valence-corrected chi connectivity index (χ4v) is 3.47. The summed E-state index contributed by atoms with van der Waals surface area (Å²) in [4.78, 5) is 0. The minimum Gasteiger partial charge on any atom is -0.409 e. The largest absolute Gasteiger partial charge is 0.409 e. The van der Waals surface area contributed by atoms with Crippen LogP contribution in [0.25, 0.3) is 0 Å². The monoisotopic (exact) mass is 252 g/mol. The lowest BCUT2D eigenvalue weighted by Crippen LogP contribution is -2.46. The number of hydrogen-bond acceptors (Lipinski definition) is 1. The smallest absolute Gasteiger partial charge is 0.192 e. The summed E-state index contributed by atoms with van der Waals surface area (Å²) in [7, 11) is -1.72. The summed E-state index contributed by atoms with van der Waals surface area (Å²) in [6.07, 6.45) is 2.45.